The van der Waals surface area contributed by atoms with Gasteiger partial charge in [0, 0.05) is 40.5 Å². The summed E-state index contributed by atoms with van der Waals surface area (Å²) in [6.45, 7) is 4.85. The number of carbonyl (C=O) groups is 3. The monoisotopic (exact) mass is 337 g/mol. The van der Waals surface area contributed by atoms with Crippen molar-refractivity contribution < 1.29 is 14.4 Å². The summed E-state index contributed by atoms with van der Waals surface area (Å²) in [5, 5.41) is 5.36. The van der Waals surface area contributed by atoms with Gasteiger partial charge in [-0.25, -0.2) is 0 Å². The molecule has 0 bridgehead atoms. The zero-order valence-corrected chi connectivity index (χ0v) is 14.3. The summed E-state index contributed by atoms with van der Waals surface area (Å²) < 4.78 is 0. The normalized spacial score (nSPS) is 10.9. The number of nitrogens with zero attached hydrogens (tertiary/aromatic N) is 1. The fraction of sp³-hybridized carbons (Fsp3) is 0.158. The maximum Gasteiger partial charge on any atom is 0.251 e. The molecule has 0 fully saturated rings. The Balaban J connectivity index is 1.99. The Labute approximate surface area is 146 Å². The van der Waals surface area contributed by atoms with Crippen molar-refractivity contribution in [1.29, 1.82) is 0 Å². The third-order valence-electron chi connectivity index (χ3n) is 3.42. The van der Waals surface area contributed by atoms with E-state index in [4.69, 9.17) is 0 Å². The molecule has 6 heteroatoms. The van der Waals surface area contributed by atoms with E-state index in [1.807, 2.05) is 6.92 Å². The lowest BCUT2D eigenvalue weighted by Crippen LogP contribution is -2.16. The van der Waals surface area contributed by atoms with Crippen molar-refractivity contribution in [2.24, 2.45) is 0 Å². The first-order valence-electron chi connectivity index (χ1n) is 7.69. The van der Waals surface area contributed by atoms with Crippen LogP contribution in [-0.4, -0.2) is 22.6 Å². The van der Waals surface area contributed by atoms with Crippen LogP contribution in [0.15, 0.2) is 54.2 Å². The van der Waals surface area contributed by atoms with Gasteiger partial charge in [0.2, 0.25) is 5.91 Å². The van der Waals surface area contributed by atoms with E-state index in [-0.39, 0.29) is 17.3 Å². The maximum absolute atomic E-state index is 12.1. The molecule has 0 aliphatic carbocycles. The largest absolute Gasteiger partial charge is 0.323 e. The summed E-state index contributed by atoms with van der Waals surface area (Å²) in [5.74, 6) is -0.835. The predicted molar refractivity (Wildman–Crippen MR) is 96.4 cm³/mol. The Morgan fingerprint density at radius 1 is 0.960 bits per heavy atom. The highest BCUT2D eigenvalue weighted by Crippen LogP contribution is 2.11. The van der Waals surface area contributed by atoms with Crippen LogP contribution in [0, 0.1) is 6.92 Å². The van der Waals surface area contributed by atoms with Crippen molar-refractivity contribution in [3.05, 3.63) is 65.5 Å². The number of benzene rings is 1. The van der Waals surface area contributed by atoms with Gasteiger partial charge in [-0.15, -0.1) is 0 Å². The number of ketones is 1. The van der Waals surface area contributed by atoms with E-state index in [1.54, 1.807) is 49.5 Å². The highest BCUT2D eigenvalue weighted by molar-refractivity contribution is 6.10. The molecule has 0 spiro atoms. The number of anilines is 2. The third-order valence-corrected chi connectivity index (χ3v) is 3.42. The lowest BCUT2D eigenvalue weighted by molar-refractivity contribution is -0.114. The molecule has 0 radical (unpaired) electrons. The summed E-state index contributed by atoms with van der Waals surface area (Å²) in [6.07, 6.45) is 2.82. The Bertz CT molecular complexity index is 839. The number of nitrogens with one attached hydrogen (secondary N) is 2. The van der Waals surface area contributed by atoms with Gasteiger partial charge in [-0.1, -0.05) is 0 Å². The van der Waals surface area contributed by atoms with Crippen molar-refractivity contribution in [1.82, 2.24) is 4.98 Å². The molecule has 6 nitrogen and oxygen atoms in total. The average Bonchev–Trinajstić information content (AvgIpc) is 2.55. The van der Waals surface area contributed by atoms with Gasteiger partial charge in [0.15, 0.2) is 5.78 Å². The number of amides is 2. The van der Waals surface area contributed by atoms with Crippen molar-refractivity contribution in [3.8, 4) is 0 Å². The summed E-state index contributed by atoms with van der Waals surface area (Å²) in [7, 11) is 0. The van der Waals surface area contributed by atoms with Crippen molar-refractivity contribution in [3.63, 3.8) is 0 Å². The number of aromatic nitrogens is 1. The third kappa shape index (κ3) is 5.39. The number of rotatable bonds is 5. The highest BCUT2D eigenvalue weighted by Gasteiger charge is 2.08. The standard InChI is InChI=1S/C19H19N3O3/c1-12(19(25)22-17-8-9-20-13(2)11-17)10-18(24)21-16-6-4-15(5-7-16)14(3)23/h4-11H,1-3H3,(H,21,24)(H,20,22,25)/b12-10+. The molecule has 2 amide bonds. The van der Waals surface area contributed by atoms with Gasteiger partial charge < -0.3 is 10.6 Å². The van der Waals surface area contributed by atoms with Crippen LogP contribution < -0.4 is 10.6 Å². The molecule has 0 aliphatic heterocycles. The zero-order valence-electron chi connectivity index (χ0n) is 14.3. The minimum Gasteiger partial charge on any atom is -0.323 e. The first-order chi connectivity index (χ1) is 11.8. The van der Waals surface area contributed by atoms with Gasteiger partial charge >= 0.3 is 0 Å². The number of aryl methyl sites for hydroxylation is 1. The Morgan fingerprint density at radius 2 is 1.64 bits per heavy atom. The number of hydrogen-bond acceptors (Lipinski definition) is 4. The SMILES string of the molecule is CC(=O)c1ccc(NC(=O)/C=C(\C)C(=O)Nc2ccnc(C)c2)cc1. The molecule has 2 N–H and O–H groups in total. The molecule has 25 heavy (non-hydrogen) atoms. The van der Waals surface area contributed by atoms with Crippen molar-refractivity contribution in [2.45, 2.75) is 20.8 Å². The van der Waals surface area contributed by atoms with Crippen molar-refractivity contribution in [2.75, 3.05) is 10.6 Å². The number of carbonyl (C=O) groups excluding carboxylic acids is 3. The fourth-order valence-corrected chi connectivity index (χ4v) is 2.08. The van der Waals surface area contributed by atoms with E-state index in [2.05, 4.69) is 15.6 Å². The molecule has 2 aromatic rings. The summed E-state index contributed by atoms with van der Waals surface area (Å²) in [4.78, 5) is 39.4. The smallest absolute Gasteiger partial charge is 0.251 e. The second kappa shape index (κ2) is 8.01. The molecule has 0 atom stereocenters. The van der Waals surface area contributed by atoms with Crippen LogP contribution >= 0.6 is 0 Å². The van der Waals surface area contributed by atoms with Gasteiger partial charge in [0.25, 0.3) is 5.91 Å². The number of Topliss-reactive ketones (excluding diaryl/α,β-unsaturated/α-hetero) is 1. The topological polar surface area (TPSA) is 88.2 Å². The molecular weight excluding hydrogens is 318 g/mol. The van der Waals surface area contributed by atoms with E-state index in [0.717, 1.165) is 5.69 Å². The molecule has 128 valence electrons. The lowest BCUT2D eigenvalue weighted by atomic mass is 10.1. The predicted octanol–water partition coefficient (Wildman–Crippen LogP) is 3.12. The number of hydrogen-bond donors (Lipinski definition) is 2. The molecule has 0 unspecified atom stereocenters. The van der Waals surface area contributed by atoms with Gasteiger partial charge in [0.05, 0.1) is 0 Å². The second-order valence-corrected chi connectivity index (χ2v) is 5.59. The molecule has 1 heterocycles. The molecule has 2 rings (SSSR count). The van der Waals surface area contributed by atoms with E-state index >= 15 is 0 Å². The first-order valence-corrected chi connectivity index (χ1v) is 7.69. The minimum absolute atomic E-state index is 0.0448. The molecule has 1 aromatic heterocycles. The van der Waals surface area contributed by atoms with Crippen LogP contribution in [0.2, 0.25) is 0 Å². The van der Waals surface area contributed by atoms with E-state index in [1.165, 1.54) is 13.0 Å². The Hall–Kier alpha value is -3.28. The van der Waals surface area contributed by atoms with Crippen molar-refractivity contribution >= 4 is 29.0 Å². The van der Waals surface area contributed by atoms with Gasteiger partial charge in [-0.05, 0) is 57.2 Å². The summed E-state index contributed by atoms with van der Waals surface area (Å²) in [5.41, 5.74) is 2.78. The first kappa shape index (κ1) is 18.1. The lowest BCUT2D eigenvalue weighted by Gasteiger charge is -2.07. The molecule has 1 aromatic carbocycles. The van der Waals surface area contributed by atoms with Crippen LogP contribution in [0.1, 0.15) is 29.9 Å². The van der Waals surface area contributed by atoms with E-state index in [0.29, 0.717) is 16.9 Å². The fourth-order valence-electron chi connectivity index (χ4n) is 2.08. The maximum atomic E-state index is 12.1. The second-order valence-electron chi connectivity index (χ2n) is 5.59. The van der Waals surface area contributed by atoms with Crippen LogP contribution in [0.3, 0.4) is 0 Å². The minimum atomic E-state index is -0.422. The van der Waals surface area contributed by atoms with Crippen LogP contribution in [-0.2, 0) is 9.59 Å². The van der Waals surface area contributed by atoms with Gasteiger partial charge in [-0.2, -0.15) is 0 Å². The molecule has 0 saturated heterocycles. The Kier molecular flexibility index (Phi) is 5.79. The van der Waals surface area contributed by atoms with Gasteiger partial charge in [-0.3, -0.25) is 19.4 Å². The summed E-state index contributed by atoms with van der Waals surface area (Å²) >= 11 is 0. The number of pyridine rings is 1. The van der Waals surface area contributed by atoms with Gasteiger partial charge in [0.1, 0.15) is 0 Å². The summed E-state index contributed by atoms with van der Waals surface area (Å²) in [6, 6.07) is 9.95. The molecular formula is C19H19N3O3. The quantitative estimate of drug-likeness (QED) is 0.648. The van der Waals surface area contributed by atoms with Crippen LogP contribution in [0.25, 0.3) is 0 Å². The van der Waals surface area contributed by atoms with Crippen LogP contribution in [0.4, 0.5) is 11.4 Å². The van der Waals surface area contributed by atoms with Crippen LogP contribution in [0.5, 0.6) is 0 Å². The average molecular weight is 337 g/mol. The molecule has 0 saturated carbocycles. The Morgan fingerprint density at radius 3 is 2.24 bits per heavy atom. The van der Waals surface area contributed by atoms with E-state index in [9.17, 15) is 14.4 Å². The highest BCUT2D eigenvalue weighted by atomic mass is 16.2. The zero-order chi connectivity index (χ0) is 18.4. The molecule has 0 aliphatic rings. The van der Waals surface area contributed by atoms with E-state index < -0.39 is 5.91 Å².